The van der Waals surface area contributed by atoms with E-state index >= 15 is 0 Å². The number of aryl methyl sites for hydroxylation is 2. The van der Waals surface area contributed by atoms with Crippen LogP contribution in [-0.2, 0) is 0 Å². The third kappa shape index (κ3) is 4.19. The number of pyridine rings is 1. The minimum atomic E-state index is -0.203. The molecule has 0 saturated carbocycles. The van der Waals surface area contributed by atoms with Crippen LogP contribution in [0.4, 0.5) is 17.1 Å². The van der Waals surface area contributed by atoms with E-state index in [1.54, 1.807) is 25.6 Å². The second kappa shape index (κ2) is 7.70. The van der Waals surface area contributed by atoms with Crippen LogP contribution in [0.5, 0.6) is 5.75 Å². The van der Waals surface area contributed by atoms with Crippen molar-refractivity contribution in [1.82, 2.24) is 4.98 Å². The van der Waals surface area contributed by atoms with E-state index in [0.717, 1.165) is 28.3 Å². The summed E-state index contributed by atoms with van der Waals surface area (Å²) in [5.74, 6) is 0.517. The Balaban J connectivity index is 1.79. The molecule has 1 heterocycles. The smallest absolute Gasteiger partial charge is 0.257 e. The minimum Gasteiger partial charge on any atom is -0.495 e. The molecule has 0 radical (unpaired) electrons. The Bertz CT molecular complexity index is 918. The Morgan fingerprint density at radius 1 is 0.962 bits per heavy atom. The molecule has 0 saturated heterocycles. The quantitative estimate of drug-likeness (QED) is 0.702. The normalized spacial score (nSPS) is 10.3. The number of methoxy groups -OCH3 is 1. The molecule has 26 heavy (non-hydrogen) atoms. The standard InChI is InChI=1S/C21H21N3O2/c1-14-8-15(2)10-17(9-14)24-21(25)16-11-18(13-22-12-16)23-19-6-4-5-7-20(19)26-3/h4-13,23H,1-3H3,(H,24,25). The monoisotopic (exact) mass is 347 g/mol. The molecule has 5 heteroatoms. The van der Waals surface area contributed by atoms with Gasteiger partial charge >= 0.3 is 0 Å². The molecule has 132 valence electrons. The zero-order valence-electron chi connectivity index (χ0n) is 15.0. The third-order valence-corrected chi connectivity index (χ3v) is 3.87. The molecule has 0 atom stereocenters. The molecule has 3 rings (SSSR count). The summed E-state index contributed by atoms with van der Waals surface area (Å²) in [5.41, 5.74) is 4.97. The van der Waals surface area contributed by atoms with Crippen molar-refractivity contribution >= 4 is 23.0 Å². The van der Waals surface area contributed by atoms with Crippen LogP contribution in [0.25, 0.3) is 0 Å². The zero-order valence-corrected chi connectivity index (χ0v) is 15.0. The number of ether oxygens (including phenoxy) is 1. The summed E-state index contributed by atoms with van der Waals surface area (Å²) in [6, 6.07) is 15.3. The van der Waals surface area contributed by atoms with Gasteiger partial charge in [0.1, 0.15) is 5.75 Å². The van der Waals surface area contributed by atoms with E-state index in [0.29, 0.717) is 11.3 Å². The molecule has 1 amide bonds. The summed E-state index contributed by atoms with van der Waals surface area (Å²) >= 11 is 0. The van der Waals surface area contributed by atoms with Gasteiger partial charge in [-0.1, -0.05) is 18.2 Å². The molecular weight excluding hydrogens is 326 g/mol. The van der Waals surface area contributed by atoms with E-state index < -0.39 is 0 Å². The number of hydrogen-bond acceptors (Lipinski definition) is 4. The van der Waals surface area contributed by atoms with Gasteiger partial charge < -0.3 is 15.4 Å². The molecule has 1 aromatic heterocycles. The van der Waals surface area contributed by atoms with E-state index in [1.165, 1.54) is 0 Å². The van der Waals surface area contributed by atoms with Crippen LogP contribution in [0.15, 0.2) is 60.9 Å². The van der Waals surface area contributed by atoms with Gasteiger partial charge in [0.05, 0.1) is 30.2 Å². The molecule has 0 unspecified atom stereocenters. The van der Waals surface area contributed by atoms with Crippen molar-refractivity contribution in [1.29, 1.82) is 0 Å². The van der Waals surface area contributed by atoms with Crippen LogP contribution in [0.2, 0.25) is 0 Å². The lowest BCUT2D eigenvalue weighted by atomic mass is 10.1. The molecule has 0 spiro atoms. The third-order valence-electron chi connectivity index (χ3n) is 3.87. The number of nitrogens with zero attached hydrogens (tertiary/aromatic N) is 1. The van der Waals surface area contributed by atoms with Crippen LogP contribution in [0, 0.1) is 13.8 Å². The predicted molar refractivity (Wildman–Crippen MR) is 104 cm³/mol. The summed E-state index contributed by atoms with van der Waals surface area (Å²) in [7, 11) is 1.62. The molecule has 0 aliphatic heterocycles. The van der Waals surface area contributed by atoms with E-state index in [-0.39, 0.29) is 5.91 Å². The van der Waals surface area contributed by atoms with Crippen LogP contribution in [0.3, 0.4) is 0 Å². The van der Waals surface area contributed by atoms with Gasteiger partial charge in [0, 0.05) is 11.9 Å². The highest BCUT2D eigenvalue weighted by molar-refractivity contribution is 6.04. The predicted octanol–water partition coefficient (Wildman–Crippen LogP) is 4.70. The van der Waals surface area contributed by atoms with Crippen molar-refractivity contribution in [2.24, 2.45) is 0 Å². The zero-order chi connectivity index (χ0) is 18.5. The van der Waals surface area contributed by atoms with E-state index in [1.807, 2.05) is 50.2 Å². The van der Waals surface area contributed by atoms with Crippen molar-refractivity contribution in [3.8, 4) is 5.75 Å². The fraction of sp³-hybridized carbons (Fsp3) is 0.143. The summed E-state index contributed by atoms with van der Waals surface area (Å²) < 4.78 is 5.33. The Kier molecular flexibility index (Phi) is 5.17. The molecule has 0 aliphatic carbocycles. The first-order chi connectivity index (χ1) is 12.5. The highest BCUT2D eigenvalue weighted by atomic mass is 16.5. The average Bonchev–Trinajstić information content (AvgIpc) is 2.61. The second-order valence-corrected chi connectivity index (χ2v) is 6.12. The molecule has 0 fully saturated rings. The Morgan fingerprint density at radius 2 is 1.69 bits per heavy atom. The number of hydrogen-bond donors (Lipinski definition) is 2. The van der Waals surface area contributed by atoms with E-state index in [4.69, 9.17) is 4.74 Å². The van der Waals surface area contributed by atoms with Gasteiger partial charge in [-0.15, -0.1) is 0 Å². The van der Waals surface area contributed by atoms with Gasteiger partial charge in [-0.05, 0) is 55.3 Å². The van der Waals surface area contributed by atoms with Gasteiger partial charge in [-0.25, -0.2) is 0 Å². The molecule has 0 bridgehead atoms. The largest absolute Gasteiger partial charge is 0.495 e. The number of nitrogens with one attached hydrogen (secondary N) is 2. The molecular formula is C21H21N3O2. The molecule has 5 nitrogen and oxygen atoms in total. The fourth-order valence-corrected chi connectivity index (χ4v) is 2.79. The van der Waals surface area contributed by atoms with E-state index in [2.05, 4.69) is 21.7 Å². The molecule has 0 aliphatic rings. The van der Waals surface area contributed by atoms with Crippen LogP contribution >= 0.6 is 0 Å². The number of amides is 1. The van der Waals surface area contributed by atoms with Crippen LogP contribution in [-0.4, -0.2) is 18.0 Å². The number of carbonyl (C=O) groups excluding carboxylic acids is 1. The van der Waals surface area contributed by atoms with Gasteiger partial charge in [-0.3, -0.25) is 9.78 Å². The molecule has 3 aromatic rings. The Morgan fingerprint density at radius 3 is 2.42 bits per heavy atom. The maximum Gasteiger partial charge on any atom is 0.257 e. The second-order valence-electron chi connectivity index (χ2n) is 6.12. The van der Waals surface area contributed by atoms with Gasteiger partial charge in [-0.2, -0.15) is 0 Å². The molecule has 2 N–H and O–H groups in total. The average molecular weight is 347 g/mol. The Hall–Kier alpha value is -3.34. The highest BCUT2D eigenvalue weighted by Crippen LogP contribution is 2.27. The lowest BCUT2D eigenvalue weighted by Gasteiger charge is -2.12. The Labute approximate surface area is 153 Å². The van der Waals surface area contributed by atoms with Crippen molar-refractivity contribution in [2.45, 2.75) is 13.8 Å². The number of para-hydroxylation sites is 2. The number of carbonyl (C=O) groups is 1. The van der Waals surface area contributed by atoms with Crippen molar-refractivity contribution in [3.63, 3.8) is 0 Å². The van der Waals surface area contributed by atoms with Crippen LogP contribution < -0.4 is 15.4 Å². The van der Waals surface area contributed by atoms with Gasteiger partial charge in [0.25, 0.3) is 5.91 Å². The van der Waals surface area contributed by atoms with Crippen molar-refractivity contribution in [3.05, 3.63) is 77.6 Å². The summed E-state index contributed by atoms with van der Waals surface area (Å²) in [6.45, 7) is 4.00. The first kappa shape index (κ1) is 17.5. The highest BCUT2D eigenvalue weighted by Gasteiger charge is 2.09. The lowest BCUT2D eigenvalue weighted by molar-refractivity contribution is 0.102. The van der Waals surface area contributed by atoms with Crippen molar-refractivity contribution < 1.29 is 9.53 Å². The minimum absolute atomic E-state index is 0.203. The number of anilines is 3. The molecule has 2 aromatic carbocycles. The number of aromatic nitrogens is 1. The van der Waals surface area contributed by atoms with Gasteiger partial charge in [0.15, 0.2) is 0 Å². The topological polar surface area (TPSA) is 63.2 Å². The van der Waals surface area contributed by atoms with Crippen LogP contribution in [0.1, 0.15) is 21.5 Å². The maximum absolute atomic E-state index is 12.6. The maximum atomic E-state index is 12.6. The summed E-state index contributed by atoms with van der Waals surface area (Å²) in [5, 5.41) is 6.16. The number of benzene rings is 2. The van der Waals surface area contributed by atoms with Gasteiger partial charge in [0.2, 0.25) is 0 Å². The lowest BCUT2D eigenvalue weighted by Crippen LogP contribution is -2.12. The fourth-order valence-electron chi connectivity index (χ4n) is 2.79. The summed E-state index contributed by atoms with van der Waals surface area (Å²) in [6.07, 6.45) is 3.21. The SMILES string of the molecule is COc1ccccc1Nc1cncc(C(=O)Nc2cc(C)cc(C)c2)c1. The number of rotatable bonds is 5. The van der Waals surface area contributed by atoms with Crippen molar-refractivity contribution in [2.75, 3.05) is 17.7 Å². The van der Waals surface area contributed by atoms with E-state index in [9.17, 15) is 4.79 Å². The summed E-state index contributed by atoms with van der Waals surface area (Å²) in [4.78, 5) is 16.7. The first-order valence-electron chi connectivity index (χ1n) is 8.30. The first-order valence-corrected chi connectivity index (χ1v) is 8.30.